The Morgan fingerprint density at radius 2 is 1.78 bits per heavy atom. The molecule has 1 aliphatic heterocycles. The van der Waals surface area contributed by atoms with Gasteiger partial charge in [0.25, 0.3) is 0 Å². The highest BCUT2D eigenvalue weighted by Gasteiger charge is 2.38. The van der Waals surface area contributed by atoms with E-state index in [-0.39, 0.29) is 5.88 Å². The summed E-state index contributed by atoms with van der Waals surface area (Å²) < 4.78 is 17.4. The van der Waals surface area contributed by atoms with E-state index in [0.717, 1.165) is 11.3 Å². The lowest BCUT2D eigenvalue weighted by atomic mass is 9.87. The molecule has 0 saturated carbocycles. The number of nitrogens with zero attached hydrogens (tertiary/aromatic N) is 1. The van der Waals surface area contributed by atoms with Gasteiger partial charge in [-0.2, -0.15) is 0 Å². The van der Waals surface area contributed by atoms with Gasteiger partial charge >= 0.3 is 5.63 Å². The first-order valence-corrected chi connectivity index (χ1v) is 10.9. The van der Waals surface area contributed by atoms with Gasteiger partial charge in [-0.05, 0) is 24.3 Å². The molecular weight excluding hydrogens is 424 g/mol. The fraction of sp³-hybridized carbons (Fsp3) is 0.0400. The summed E-state index contributed by atoms with van der Waals surface area (Å²) >= 11 is 1.44. The average molecular weight is 440 g/mol. The molecule has 2 N–H and O–H groups in total. The van der Waals surface area contributed by atoms with Gasteiger partial charge in [-0.3, -0.25) is 0 Å². The zero-order chi connectivity index (χ0) is 21.7. The summed E-state index contributed by atoms with van der Waals surface area (Å²) in [7, 11) is 0. The lowest BCUT2D eigenvalue weighted by molar-refractivity contribution is 0.390. The van der Waals surface area contributed by atoms with Crippen molar-refractivity contribution in [3.8, 4) is 17.0 Å². The largest absolute Gasteiger partial charge is 0.468 e. The molecule has 0 amide bonds. The zero-order valence-electron chi connectivity index (χ0n) is 16.6. The third-order valence-corrected chi connectivity index (χ3v) is 6.36. The van der Waals surface area contributed by atoms with Crippen molar-refractivity contribution in [2.75, 3.05) is 0 Å². The number of nitrogens with two attached hydrogens (primary N) is 1. The third-order valence-electron chi connectivity index (χ3n) is 5.49. The second kappa shape index (κ2) is 7.25. The molecule has 1 aliphatic rings. The van der Waals surface area contributed by atoms with Crippen LogP contribution in [0, 0.1) is 0 Å². The van der Waals surface area contributed by atoms with Gasteiger partial charge in [-0.1, -0.05) is 42.5 Å². The zero-order valence-corrected chi connectivity index (χ0v) is 17.5. The molecular formula is C25H16N2O4S. The number of benzene rings is 2. The maximum absolute atomic E-state index is 13.1. The molecule has 0 radical (unpaired) electrons. The summed E-state index contributed by atoms with van der Waals surface area (Å²) in [6.45, 7) is 0. The van der Waals surface area contributed by atoms with E-state index >= 15 is 0 Å². The van der Waals surface area contributed by atoms with Crippen LogP contribution in [0.3, 0.4) is 0 Å². The van der Waals surface area contributed by atoms with Crippen LogP contribution in [0.2, 0.25) is 0 Å². The fourth-order valence-corrected chi connectivity index (χ4v) is 4.96. The maximum atomic E-state index is 13.1. The van der Waals surface area contributed by atoms with Crippen LogP contribution in [0.1, 0.15) is 22.2 Å². The molecule has 0 saturated heterocycles. The molecule has 32 heavy (non-hydrogen) atoms. The van der Waals surface area contributed by atoms with Crippen molar-refractivity contribution in [2.45, 2.75) is 5.92 Å². The number of hydrogen-bond donors (Lipinski definition) is 1. The molecule has 0 spiro atoms. The molecule has 4 heterocycles. The van der Waals surface area contributed by atoms with E-state index in [4.69, 9.17) is 24.3 Å². The van der Waals surface area contributed by atoms with Crippen LogP contribution in [0.5, 0.6) is 5.75 Å². The molecule has 156 valence electrons. The Hall–Kier alpha value is -4.10. The number of ether oxygens (including phenoxy) is 1. The minimum Gasteiger partial charge on any atom is -0.468 e. The highest BCUT2D eigenvalue weighted by Crippen LogP contribution is 2.48. The van der Waals surface area contributed by atoms with E-state index in [2.05, 4.69) is 0 Å². The van der Waals surface area contributed by atoms with Gasteiger partial charge < -0.3 is 19.3 Å². The summed E-state index contributed by atoms with van der Waals surface area (Å²) in [5.41, 5.74) is 9.15. The van der Waals surface area contributed by atoms with E-state index in [1.165, 1.54) is 11.3 Å². The molecule has 6 nitrogen and oxygen atoms in total. The van der Waals surface area contributed by atoms with Gasteiger partial charge in [0.05, 0.1) is 34.4 Å². The molecule has 0 aliphatic carbocycles. The second-order valence-electron chi connectivity index (χ2n) is 7.36. The number of allylic oxidation sites excluding steroid dienone is 1. The monoisotopic (exact) mass is 440 g/mol. The Kier molecular flexibility index (Phi) is 4.22. The van der Waals surface area contributed by atoms with Gasteiger partial charge in [0.1, 0.15) is 16.4 Å². The smallest absolute Gasteiger partial charge is 0.344 e. The van der Waals surface area contributed by atoms with Crippen LogP contribution < -0.4 is 16.1 Å². The van der Waals surface area contributed by atoms with E-state index in [1.54, 1.807) is 24.5 Å². The van der Waals surface area contributed by atoms with Gasteiger partial charge in [-0.15, -0.1) is 11.3 Å². The Labute approximate surface area is 186 Å². The Morgan fingerprint density at radius 1 is 0.969 bits per heavy atom. The standard InChI is InChI=1S/C25H16N2O4S/c26-23-21(24-27-16(13-32-24)14-7-2-1-3-8-14)19(18-11-6-12-29-18)20-22(31-23)15-9-4-5-10-17(15)30-25(20)28/h1-13,19H,26H2/t19-/m1/s1. The molecule has 2 aromatic carbocycles. The minimum atomic E-state index is -0.607. The van der Waals surface area contributed by atoms with E-state index in [9.17, 15) is 4.79 Å². The van der Waals surface area contributed by atoms with Crippen LogP contribution in [0.4, 0.5) is 0 Å². The summed E-state index contributed by atoms with van der Waals surface area (Å²) in [4.78, 5) is 17.9. The quantitative estimate of drug-likeness (QED) is 0.380. The summed E-state index contributed by atoms with van der Waals surface area (Å²) in [5.74, 6) is 0.527. The van der Waals surface area contributed by atoms with Crippen LogP contribution in [-0.2, 0) is 0 Å². The Balaban J connectivity index is 1.59. The van der Waals surface area contributed by atoms with Gasteiger partial charge in [0.15, 0.2) is 11.6 Å². The van der Waals surface area contributed by atoms with Gasteiger partial charge in [0.2, 0.25) is 0 Å². The first-order valence-electron chi connectivity index (χ1n) is 9.98. The third kappa shape index (κ3) is 2.86. The molecule has 0 bridgehead atoms. The van der Waals surface area contributed by atoms with E-state index < -0.39 is 11.5 Å². The predicted molar refractivity (Wildman–Crippen MR) is 122 cm³/mol. The van der Waals surface area contributed by atoms with Crippen molar-refractivity contribution in [2.24, 2.45) is 5.73 Å². The lowest BCUT2D eigenvalue weighted by Gasteiger charge is -2.26. The predicted octanol–water partition coefficient (Wildman–Crippen LogP) is 5.36. The van der Waals surface area contributed by atoms with Gasteiger partial charge in [0, 0.05) is 10.9 Å². The number of fused-ring (bicyclic) bond motifs is 3. The lowest BCUT2D eigenvalue weighted by Crippen LogP contribution is -2.26. The summed E-state index contributed by atoms with van der Waals surface area (Å²) in [6.07, 6.45) is 1.57. The second-order valence-corrected chi connectivity index (χ2v) is 8.22. The van der Waals surface area contributed by atoms with E-state index in [0.29, 0.717) is 38.6 Å². The maximum Gasteiger partial charge on any atom is 0.344 e. The molecule has 6 rings (SSSR count). The topological polar surface area (TPSA) is 91.5 Å². The molecule has 7 heteroatoms. The normalized spacial score (nSPS) is 15.6. The number of aromatic nitrogens is 1. The van der Waals surface area contributed by atoms with Crippen molar-refractivity contribution in [3.05, 3.63) is 111 Å². The number of para-hydroxylation sites is 1. The number of furan rings is 1. The Morgan fingerprint density at radius 3 is 2.59 bits per heavy atom. The molecule has 5 aromatic rings. The van der Waals surface area contributed by atoms with Crippen molar-refractivity contribution >= 4 is 27.9 Å². The van der Waals surface area contributed by atoms with E-state index in [1.807, 2.05) is 53.9 Å². The highest BCUT2D eigenvalue weighted by molar-refractivity contribution is 7.11. The number of thiazole rings is 1. The SMILES string of the molecule is NC1=C(c2nc(-c3ccccc3)cs2)[C@H](c2ccco2)c2c(c3ccccc3oc2=O)O1. The van der Waals surface area contributed by atoms with Crippen LogP contribution in [0.15, 0.2) is 97.9 Å². The minimum absolute atomic E-state index is 0.184. The van der Waals surface area contributed by atoms with Crippen LogP contribution in [0.25, 0.3) is 27.8 Å². The summed E-state index contributed by atoms with van der Waals surface area (Å²) in [6, 6.07) is 20.7. The first kappa shape index (κ1) is 18.7. The van der Waals surface area contributed by atoms with Crippen molar-refractivity contribution in [3.63, 3.8) is 0 Å². The number of hydrogen-bond acceptors (Lipinski definition) is 7. The molecule has 3 aromatic heterocycles. The van der Waals surface area contributed by atoms with Gasteiger partial charge in [-0.25, -0.2) is 9.78 Å². The Bertz CT molecular complexity index is 1530. The van der Waals surface area contributed by atoms with Crippen LogP contribution in [-0.4, -0.2) is 4.98 Å². The fourth-order valence-electron chi connectivity index (χ4n) is 4.05. The van der Waals surface area contributed by atoms with Crippen molar-refractivity contribution < 1.29 is 13.6 Å². The molecule has 0 fully saturated rings. The molecule has 0 unspecified atom stereocenters. The van der Waals surface area contributed by atoms with Crippen LogP contribution >= 0.6 is 11.3 Å². The highest BCUT2D eigenvalue weighted by atomic mass is 32.1. The average Bonchev–Trinajstić information content (AvgIpc) is 3.51. The summed E-state index contributed by atoms with van der Waals surface area (Å²) in [5, 5.41) is 3.29. The van der Waals surface area contributed by atoms with Crippen molar-refractivity contribution in [1.82, 2.24) is 4.98 Å². The first-order chi connectivity index (χ1) is 15.7. The number of rotatable bonds is 3. The molecule has 1 atom stereocenters. The van der Waals surface area contributed by atoms with Crippen molar-refractivity contribution in [1.29, 1.82) is 0 Å².